The van der Waals surface area contributed by atoms with Crippen LogP contribution in [0.25, 0.3) is 0 Å². The monoisotopic (exact) mass is 311 g/mol. The third kappa shape index (κ3) is 2.38. The molecule has 0 radical (unpaired) electrons. The minimum absolute atomic E-state index is 0.374. The lowest BCUT2D eigenvalue weighted by atomic mass is 9.52. The molecule has 0 N–H and O–H groups in total. The zero-order valence-corrected chi connectivity index (χ0v) is 13.8. The molecular weight excluding hydrogens is 289 g/mol. The smallest absolute Gasteiger partial charge is 0.0456 e. The van der Waals surface area contributed by atoms with E-state index in [1.165, 1.54) is 32.1 Å². The number of hydrogen-bond acceptors (Lipinski definition) is 1. The molecule has 2 atom stereocenters. The summed E-state index contributed by atoms with van der Waals surface area (Å²) in [5, 5.41) is 1.59. The maximum absolute atomic E-state index is 6.33. The van der Waals surface area contributed by atoms with Crippen LogP contribution in [0.2, 0.25) is 10.0 Å². The van der Waals surface area contributed by atoms with Crippen molar-refractivity contribution in [1.29, 1.82) is 0 Å². The Balaban J connectivity index is 1.68. The van der Waals surface area contributed by atoms with Gasteiger partial charge < -0.3 is 4.90 Å². The largest absolute Gasteiger partial charge is 0.302 e. The van der Waals surface area contributed by atoms with Gasteiger partial charge in [0.05, 0.1) is 0 Å². The van der Waals surface area contributed by atoms with Crippen molar-refractivity contribution in [3.8, 4) is 0 Å². The van der Waals surface area contributed by atoms with Crippen LogP contribution >= 0.6 is 23.2 Å². The maximum Gasteiger partial charge on any atom is 0.0456 e. The summed E-state index contributed by atoms with van der Waals surface area (Å²) in [4.78, 5) is 2.55. The molecule has 1 aromatic carbocycles. The van der Waals surface area contributed by atoms with Crippen LogP contribution in [0.15, 0.2) is 18.2 Å². The van der Waals surface area contributed by atoms with Crippen LogP contribution in [-0.2, 0) is 0 Å². The molecule has 0 bridgehead atoms. The van der Waals surface area contributed by atoms with E-state index in [0.29, 0.717) is 11.3 Å². The molecule has 0 aliphatic heterocycles. The second-order valence-electron chi connectivity index (χ2n) is 6.75. The van der Waals surface area contributed by atoms with Gasteiger partial charge in [-0.25, -0.2) is 0 Å². The molecular formula is C17H23Cl2N. The normalized spacial score (nSPS) is 25.4. The van der Waals surface area contributed by atoms with Gasteiger partial charge in [-0.1, -0.05) is 42.6 Å². The minimum Gasteiger partial charge on any atom is -0.302 e. The van der Waals surface area contributed by atoms with E-state index in [9.17, 15) is 0 Å². The minimum atomic E-state index is 0.374. The first-order valence-corrected chi connectivity index (χ1v) is 8.43. The number of rotatable bonds is 4. The Morgan fingerprint density at radius 1 is 1.25 bits per heavy atom. The lowest BCUT2D eigenvalue weighted by molar-refractivity contribution is -0.0748. The lowest BCUT2D eigenvalue weighted by Crippen LogP contribution is -2.57. The summed E-state index contributed by atoms with van der Waals surface area (Å²) in [7, 11) is 2.27. The lowest BCUT2D eigenvalue weighted by Gasteiger charge is -2.59. The van der Waals surface area contributed by atoms with E-state index >= 15 is 0 Å². The Morgan fingerprint density at radius 2 is 1.90 bits per heavy atom. The molecule has 0 heterocycles. The van der Waals surface area contributed by atoms with Gasteiger partial charge in [-0.15, -0.1) is 0 Å². The van der Waals surface area contributed by atoms with E-state index in [0.717, 1.165) is 28.2 Å². The van der Waals surface area contributed by atoms with E-state index in [2.05, 4.69) is 18.9 Å². The Labute approximate surface area is 132 Å². The molecule has 0 aromatic heterocycles. The van der Waals surface area contributed by atoms with Gasteiger partial charge in [0.25, 0.3) is 0 Å². The van der Waals surface area contributed by atoms with E-state index in [1.54, 1.807) is 0 Å². The Bertz CT molecular complexity index is 470. The summed E-state index contributed by atoms with van der Waals surface area (Å²) in [6, 6.07) is 6.58. The number of halogens is 2. The molecule has 1 nitrogen and oxygen atoms in total. The highest BCUT2D eigenvalue weighted by Crippen LogP contribution is 2.57. The maximum atomic E-state index is 6.33. The summed E-state index contributed by atoms with van der Waals surface area (Å²) in [5.41, 5.74) is 1.77. The van der Waals surface area contributed by atoms with Gasteiger partial charge in [0.2, 0.25) is 0 Å². The Kier molecular flexibility index (Phi) is 4.05. The van der Waals surface area contributed by atoms with E-state index in [4.69, 9.17) is 23.2 Å². The van der Waals surface area contributed by atoms with Crippen molar-refractivity contribution in [2.45, 2.75) is 51.0 Å². The molecule has 110 valence electrons. The van der Waals surface area contributed by atoms with Gasteiger partial charge in [0.1, 0.15) is 0 Å². The van der Waals surface area contributed by atoms with Crippen molar-refractivity contribution >= 4 is 23.2 Å². The quantitative estimate of drug-likeness (QED) is 0.723. The predicted octanol–water partition coefficient (Wildman–Crippen LogP) is 5.36. The van der Waals surface area contributed by atoms with Crippen LogP contribution in [0.4, 0.5) is 0 Å². The zero-order valence-electron chi connectivity index (χ0n) is 12.3. The van der Waals surface area contributed by atoms with Crippen LogP contribution in [0.1, 0.15) is 50.5 Å². The fourth-order valence-corrected chi connectivity index (χ4v) is 4.99. The molecule has 3 heteroatoms. The summed E-state index contributed by atoms with van der Waals surface area (Å²) >= 11 is 12.7. The fourth-order valence-electron chi connectivity index (χ4n) is 4.22. The van der Waals surface area contributed by atoms with Crippen molar-refractivity contribution in [1.82, 2.24) is 4.90 Å². The molecule has 2 aliphatic carbocycles. The summed E-state index contributed by atoms with van der Waals surface area (Å²) in [5.74, 6) is 0.374. The molecule has 3 rings (SSSR count). The molecule has 2 fully saturated rings. The summed E-state index contributed by atoms with van der Waals surface area (Å²) in [6.07, 6.45) is 7.09. The Hall–Kier alpha value is -0.240. The molecule has 20 heavy (non-hydrogen) atoms. The predicted molar refractivity (Wildman–Crippen MR) is 86.8 cm³/mol. The highest BCUT2D eigenvalue weighted by Gasteiger charge is 2.52. The molecule has 2 aliphatic rings. The van der Waals surface area contributed by atoms with Crippen LogP contribution in [0.5, 0.6) is 0 Å². The van der Waals surface area contributed by atoms with E-state index in [1.807, 2.05) is 18.2 Å². The molecule has 2 unspecified atom stereocenters. The first kappa shape index (κ1) is 14.7. The van der Waals surface area contributed by atoms with Crippen molar-refractivity contribution in [2.75, 3.05) is 13.6 Å². The first-order chi connectivity index (χ1) is 9.53. The zero-order chi connectivity index (χ0) is 14.3. The molecule has 0 amide bonds. The highest BCUT2D eigenvalue weighted by molar-refractivity contribution is 6.36. The van der Waals surface area contributed by atoms with Crippen molar-refractivity contribution in [3.05, 3.63) is 33.8 Å². The van der Waals surface area contributed by atoms with Crippen LogP contribution in [-0.4, -0.2) is 24.5 Å². The topological polar surface area (TPSA) is 3.24 Å². The molecule has 0 saturated heterocycles. The summed E-state index contributed by atoms with van der Waals surface area (Å²) < 4.78 is 0. The van der Waals surface area contributed by atoms with Gasteiger partial charge >= 0.3 is 0 Å². The second-order valence-corrected chi connectivity index (χ2v) is 7.56. The van der Waals surface area contributed by atoms with Gasteiger partial charge in [-0.05, 0) is 61.8 Å². The van der Waals surface area contributed by atoms with Gasteiger partial charge in [0, 0.05) is 22.6 Å². The van der Waals surface area contributed by atoms with Crippen LogP contribution in [0.3, 0.4) is 0 Å². The third-order valence-electron chi connectivity index (χ3n) is 5.56. The highest BCUT2D eigenvalue weighted by atomic mass is 35.5. The van der Waals surface area contributed by atoms with Crippen molar-refractivity contribution < 1.29 is 0 Å². The van der Waals surface area contributed by atoms with Crippen molar-refractivity contribution in [3.63, 3.8) is 0 Å². The third-order valence-corrected chi connectivity index (χ3v) is 6.22. The number of hydrogen-bond donors (Lipinski definition) is 0. The van der Waals surface area contributed by atoms with Crippen LogP contribution in [0, 0.1) is 5.41 Å². The van der Waals surface area contributed by atoms with Gasteiger partial charge in [-0.3, -0.25) is 0 Å². The molecule has 2 saturated carbocycles. The van der Waals surface area contributed by atoms with Gasteiger partial charge in [0.15, 0.2) is 0 Å². The van der Waals surface area contributed by atoms with E-state index < -0.39 is 0 Å². The second kappa shape index (κ2) is 5.51. The number of nitrogens with zero attached hydrogens (tertiary/aromatic N) is 1. The van der Waals surface area contributed by atoms with Crippen molar-refractivity contribution in [2.24, 2.45) is 5.41 Å². The average Bonchev–Trinajstić information content (AvgIpc) is 2.24. The van der Waals surface area contributed by atoms with Crippen LogP contribution < -0.4 is 0 Å². The fraction of sp³-hybridized carbons (Fsp3) is 0.647. The van der Waals surface area contributed by atoms with Gasteiger partial charge in [-0.2, -0.15) is 0 Å². The number of benzene rings is 1. The molecule has 1 aromatic rings. The number of likely N-dealkylation sites (N-methyl/N-ethyl adjacent to an activating group) is 1. The standard InChI is InChI=1S/C17H23Cl2N/c1-12(16-13(18)5-3-6-14(16)19)11-20(2)15-7-10-17(15)8-4-9-17/h3,5-6,12,15H,4,7-11H2,1-2H3. The first-order valence-electron chi connectivity index (χ1n) is 7.68. The SMILES string of the molecule is CC(CN(C)C1CCC12CCC2)c1c(Cl)cccc1Cl. The average molecular weight is 312 g/mol. The Morgan fingerprint density at radius 3 is 2.35 bits per heavy atom. The van der Waals surface area contributed by atoms with E-state index in [-0.39, 0.29) is 0 Å². The molecule has 1 spiro atoms. The summed E-state index contributed by atoms with van der Waals surface area (Å²) in [6.45, 7) is 3.27.